The average Bonchev–Trinajstić information content (AvgIpc) is 2.02. The summed E-state index contributed by atoms with van der Waals surface area (Å²) in [4.78, 5) is 10.1. The average molecular weight is 201 g/mol. The molecule has 0 spiro atoms. The van der Waals surface area contributed by atoms with Gasteiger partial charge in [-0.3, -0.25) is 4.79 Å². The lowest BCUT2D eigenvalue weighted by molar-refractivity contribution is -0.175. The highest BCUT2D eigenvalue weighted by atomic mass is 19.4. The van der Waals surface area contributed by atoms with E-state index in [1.807, 2.05) is 0 Å². The van der Waals surface area contributed by atoms with E-state index in [9.17, 15) is 18.0 Å². The Balaban J connectivity index is 3.38. The molecule has 0 saturated heterocycles. The normalized spacial score (nSPS) is 11.4. The summed E-state index contributed by atoms with van der Waals surface area (Å²) in [6.07, 6.45) is -4.86. The number of rotatable bonds is 5. The van der Waals surface area contributed by atoms with Gasteiger partial charge < -0.3 is 14.8 Å². The number of carbonyl (C=O) groups is 1. The van der Waals surface area contributed by atoms with Gasteiger partial charge in [-0.25, -0.2) is 0 Å². The fourth-order valence-corrected chi connectivity index (χ4v) is 0.431. The first-order valence-corrected chi connectivity index (χ1v) is 3.40. The molecule has 0 fully saturated rings. The van der Waals surface area contributed by atoms with Crippen molar-refractivity contribution in [2.45, 2.75) is 6.18 Å². The van der Waals surface area contributed by atoms with Crippen molar-refractivity contribution >= 4 is 5.91 Å². The summed E-state index contributed by atoms with van der Waals surface area (Å²) in [7, 11) is 1.43. The molecule has 0 atom stereocenters. The summed E-state index contributed by atoms with van der Waals surface area (Å²) in [6.45, 7) is -0.0712. The molecule has 0 aromatic carbocycles. The van der Waals surface area contributed by atoms with Crippen LogP contribution in [0.25, 0.3) is 0 Å². The third-order valence-electron chi connectivity index (χ3n) is 1.02. The Hall–Kier alpha value is -0.820. The molecule has 1 N–H and O–H groups in total. The van der Waals surface area contributed by atoms with Gasteiger partial charge in [0, 0.05) is 7.11 Å². The number of halogens is 3. The summed E-state index contributed by atoms with van der Waals surface area (Å²) in [6, 6.07) is 0. The number of ether oxygens (including phenoxy) is 2. The quantitative estimate of drug-likeness (QED) is 0.513. The number of nitrogens with one attached hydrogen (secondary N) is 1. The predicted octanol–water partition coefficient (Wildman–Crippen LogP) is 0.285. The Morgan fingerprint density at radius 3 is 2.46 bits per heavy atom. The summed E-state index contributed by atoms with van der Waals surface area (Å²) in [5.74, 6) is -2.01. The molecular formula is C6H10F3NO3. The van der Waals surface area contributed by atoms with E-state index in [4.69, 9.17) is 0 Å². The molecule has 0 heterocycles. The maximum atomic E-state index is 11.5. The molecule has 13 heavy (non-hydrogen) atoms. The zero-order chi connectivity index (χ0) is 10.3. The fraction of sp³-hybridized carbons (Fsp3) is 0.833. The largest absolute Gasteiger partial charge is 0.471 e. The molecule has 0 aromatic heterocycles. The highest BCUT2D eigenvalue weighted by Gasteiger charge is 2.38. The molecule has 0 unspecified atom stereocenters. The van der Waals surface area contributed by atoms with Crippen LogP contribution in [0.5, 0.6) is 0 Å². The Morgan fingerprint density at radius 2 is 2.00 bits per heavy atom. The van der Waals surface area contributed by atoms with Crippen molar-refractivity contribution in [3.8, 4) is 0 Å². The first-order valence-electron chi connectivity index (χ1n) is 3.40. The van der Waals surface area contributed by atoms with Gasteiger partial charge in [-0.2, -0.15) is 13.2 Å². The van der Waals surface area contributed by atoms with Crippen molar-refractivity contribution in [1.29, 1.82) is 0 Å². The van der Waals surface area contributed by atoms with Crippen molar-refractivity contribution in [3.05, 3.63) is 0 Å². The topological polar surface area (TPSA) is 47.6 Å². The molecule has 1 amide bonds. The first-order chi connectivity index (χ1) is 5.98. The molecule has 0 aliphatic rings. The number of hydrogen-bond donors (Lipinski definition) is 1. The van der Waals surface area contributed by atoms with Crippen molar-refractivity contribution in [2.75, 3.05) is 27.1 Å². The lowest BCUT2D eigenvalue weighted by Gasteiger charge is -2.07. The van der Waals surface area contributed by atoms with Gasteiger partial charge in [-0.1, -0.05) is 0 Å². The number of alkyl halides is 3. The third kappa shape index (κ3) is 6.35. The van der Waals surface area contributed by atoms with Gasteiger partial charge >= 0.3 is 12.1 Å². The number of amides is 1. The standard InChI is InChI=1S/C6H10F3NO3/c1-12-2-3-13-4-10-5(11)6(7,8)9/h2-4H2,1H3,(H,10,11). The Labute approximate surface area is 73.0 Å². The Bertz CT molecular complexity index is 160. The molecule has 0 radical (unpaired) electrons. The van der Waals surface area contributed by atoms with Crippen LogP contribution in [0, 0.1) is 0 Å². The van der Waals surface area contributed by atoms with Crippen LogP contribution in [0.1, 0.15) is 0 Å². The van der Waals surface area contributed by atoms with Gasteiger partial charge in [-0.15, -0.1) is 0 Å². The van der Waals surface area contributed by atoms with Crippen LogP contribution < -0.4 is 5.32 Å². The van der Waals surface area contributed by atoms with E-state index in [1.54, 1.807) is 0 Å². The van der Waals surface area contributed by atoms with Crippen molar-refractivity contribution in [3.63, 3.8) is 0 Å². The monoisotopic (exact) mass is 201 g/mol. The molecule has 0 aromatic rings. The second-order valence-electron chi connectivity index (χ2n) is 2.05. The van der Waals surface area contributed by atoms with E-state index in [2.05, 4.69) is 9.47 Å². The molecule has 0 saturated carbocycles. The summed E-state index contributed by atoms with van der Waals surface area (Å²) in [5, 5.41) is 1.54. The molecule has 4 nitrogen and oxygen atoms in total. The highest BCUT2D eigenvalue weighted by Crippen LogP contribution is 2.13. The van der Waals surface area contributed by atoms with Crippen LogP contribution in [0.4, 0.5) is 13.2 Å². The predicted molar refractivity (Wildman–Crippen MR) is 36.9 cm³/mol. The van der Waals surface area contributed by atoms with Gasteiger partial charge in [0.15, 0.2) is 0 Å². The zero-order valence-corrected chi connectivity index (χ0v) is 6.98. The fourth-order valence-electron chi connectivity index (χ4n) is 0.431. The molecule has 0 rings (SSSR count). The van der Waals surface area contributed by atoms with Gasteiger partial charge in [0.05, 0.1) is 13.2 Å². The molecule has 0 aliphatic heterocycles. The van der Waals surface area contributed by atoms with Crippen LogP contribution in [0.3, 0.4) is 0 Å². The Morgan fingerprint density at radius 1 is 1.38 bits per heavy atom. The summed E-state index contributed by atoms with van der Waals surface area (Å²) < 4.78 is 43.7. The van der Waals surface area contributed by atoms with E-state index >= 15 is 0 Å². The van der Waals surface area contributed by atoms with Crippen LogP contribution in [0.2, 0.25) is 0 Å². The summed E-state index contributed by atoms with van der Waals surface area (Å²) in [5.41, 5.74) is 0. The van der Waals surface area contributed by atoms with E-state index in [1.165, 1.54) is 12.4 Å². The first kappa shape index (κ1) is 12.2. The van der Waals surface area contributed by atoms with Crippen LogP contribution in [-0.2, 0) is 14.3 Å². The van der Waals surface area contributed by atoms with Crippen LogP contribution in [0.15, 0.2) is 0 Å². The number of hydrogen-bond acceptors (Lipinski definition) is 3. The smallest absolute Gasteiger partial charge is 0.382 e. The van der Waals surface area contributed by atoms with Crippen LogP contribution >= 0.6 is 0 Å². The van der Waals surface area contributed by atoms with Crippen molar-refractivity contribution < 1.29 is 27.4 Å². The lowest BCUT2D eigenvalue weighted by Crippen LogP contribution is -2.38. The minimum atomic E-state index is -4.86. The van der Waals surface area contributed by atoms with Gasteiger partial charge in [-0.05, 0) is 0 Å². The van der Waals surface area contributed by atoms with Gasteiger partial charge in [0.1, 0.15) is 6.73 Å². The Kier molecular flexibility index (Phi) is 5.40. The molecular weight excluding hydrogens is 191 g/mol. The van der Waals surface area contributed by atoms with Crippen molar-refractivity contribution in [2.24, 2.45) is 0 Å². The minimum Gasteiger partial charge on any atom is -0.382 e. The molecule has 0 aliphatic carbocycles. The SMILES string of the molecule is COCCOCNC(=O)C(F)(F)F. The third-order valence-corrected chi connectivity index (χ3v) is 1.02. The second-order valence-corrected chi connectivity index (χ2v) is 2.05. The van der Waals surface area contributed by atoms with Gasteiger partial charge in [0.25, 0.3) is 0 Å². The maximum absolute atomic E-state index is 11.5. The number of carbonyl (C=O) groups excluding carboxylic acids is 1. The highest BCUT2D eigenvalue weighted by molar-refractivity contribution is 5.81. The molecule has 7 heteroatoms. The minimum absolute atomic E-state index is 0.134. The van der Waals surface area contributed by atoms with E-state index in [0.29, 0.717) is 0 Å². The van der Waals surface area contributed by atoms with E-state index in [0.717, 1.165) is 0 Å². The molecule has 0 bridgehead atoms. The van der Waals surface area contributed by atoms with Crippen molar-refractivity contribution in [1.82, 2.24) is 5.32 Å². The lowest BCUT2D eigenvalue weighted by atomic mass is 10.6. The zero-order valence-electron chi connectivity index (χ0n) is 6.98. The van der Waals surface area contributed by atoms with Crippen LogP contribution in [-0.4, -0.2) is 39.1 Å². The number of methoxy groups -OCH3 is 1. The van der Waals surface area contributed by atoms with E-state index in [-0.39, 0.29) is 13.2 Å². The maximum Gasteiger partial charge on any atom is 0.471 e. The van der Waals surface area contributed by atoms with Gasteiger partial charge in [0.2, 0.25) is 0 Å². The second kappa shape index (κ2) is 5.76. The summed E-state index contributed by atoms with van der Waals surface area (Å²) >= 11 is 0. The van der Waals surface area contributed by atoms with E-state index < -0.39 is 18.8 Å². The molecule has 78 valence electrons.